The van der Waals surface area contributed by atoms with Crippen molar-refractivity contribution < 1.29 is 29.0 Å². The molecule has 3 aliphatic rings. The van der Waals surface area contributed by atoms with Crippen molar-refractivity contribution in [2.75, 3.05) is 19.6 Å². The van der Waals surface area contributed by atoms with Crippen LogP contribution < -0.4 is 5.32 Å². The number of amides is 3. The van der Waals surface area contributed by atoms with E-state index < -0.39 is 29.3 Å². The molecule has 150 valence electrons. The fourth-order valence-electron chi connectivity index (χ4n) is 4.38. The number of aliphatic hydroxyl groups is 1. The molecule has 8 nitrogen and oxygen atoms in total. The van der Waals surface area contributed by atoms with Gasteiger partial charge >= 0.3 is 6.09 Å². The Morgan fingerprint density at radius 3 is 2.57 bits per heavy atom. The first-order chi connectivity index (χ1) is 13.2. The second-order valence-electron chi connectivity index (χ2n) is 7.58. The van der Waals surface area contributed by atoms with Crippen molar-refractivity contribution in [2.45, 2.75) is 24.6 Å². The molecule has 2 heterocycles. The number of nitrogens with zero attached hydrogens (tertiary/aromatic N) is 2. The highest BCUT2D eigenvalue weighted by Crippen LogP contribution is 2.50. The lowest BCUT2D eigenvalue weighted by molar-refractivity contribution is -0.154. The standard InChI is InChI=1S/C18H19ClFN3O5/c19-10-3-9(4-11(20)5-10)6-21-15(24)18(28)1-2-23(16(18)25)14-12-7-22(17(26)27)8-13(12)14/h3-5,12-14,28H,1-2,6-8H2,(H,21,24)(H,26,27)/t12-,13+,14+,18?. The zero-order chi connectivity index (χ0) is 20.2. The summed E-state index contributed by atoms with van der Waals surface area (Å²) in [5, 5.41) is 22.3. The Morgan fingerprint density at radius 2 is 1.96 bits per heavy atom. The minimum atomic E-state index is -2.17. The first kappa shape index (κ1) is 18.9. The van der Waals surface area contributed by atoms with Crippen molar-refractivity contribution in [2.24, 2.45) is 11.8 Å². The van der Waals surface area contributed by atoms with Crippen LogP contribution in [0.5, 0.6) is 0 Å². The van der Waals surface area contributed by atoms with Crippen LogP contribution in [0.1, 0.15) is 12.0 Å². The highest BCUT2D eigenvalue weighted by Gasteiger charge is 2.64. The number of carbonyl (C=O) groups excluding carboxylic acids is 2. The molecule has 1 aliphatic carbocycles. The van der Waals surface area contributed by atoms with Crippen LogP contribution >= 0.6 is 11.6 Å². The summed E-state index contributed by atoms with van der Waals surface area (Å²) < 4.78 is 13.4. The van der Waals surface area contributed by atoms with Crippen LogP contribution in [0.3, 0.4) is 0 Å². The average molecular weight is 412 g/mol. The lowest BCUT2D eigenvalue weighted by Gasteiger charge is -2.24. The molecule has 1 aromatic carbocycles. The number of likely N-dealkylation sites (tertiary alicyclic amines) is 2. The van der Waals surface area contributed by atoms with E-state index in [0.29, 0.717) is 18.7 Å². The molecule has 0 aromatic heterocycles. The Balaban J connectivity index is 1.37. The van der Waals surface area contributed by atoms with Gasteiger partial charge in [-0.1, -0.05) is 11.6 Å². The lowest BCUT2D eigenvalue weighted by atomic mass is 10.0. The summed E-state index contributed by atoms with van der Waals surface area (Å²) in [6, 6.07) is 3.69. The third kappa shape index (κ3) is 3.08. The summed E-state index contributed by atoms with van der Waals surface area (Å²) in [5.74, 6) is -1.93. The van der Waals surface area contributed by atoms with E-state index in [1.54, 1.807) is 0 Å². The Morgan fingerprint density at radius 1 is 1.29 bits per heavy atom. The van der Waals surface area contributed by atoms with Gasteiger partial charge in [0.25, 0.3) is 11.8 Å². The number of carboxylic acid groups (broad SMARTS) is 1. The molecule has 10 heteroatoms. The second-order valence-corrected chi connectivity index (χ2v) is 8.01. The van der Waals surface area contributed by atoms with Gasteiger partial charge in [0.2, 0.25) is 5.60 Å². The second kappa shape index (κ2) is 6.59. The van der Waals surface area contributed by atoms with Crippen LogP contribution in [0.25, 0.3) is 0 Å². The monoisotopic (exact) mass is 411 g/mol. The molecule has 3 fully saturated rings. The number of hydrogen-bond acceptors (Lipinski definition) is 4. The molecule has 28 heavy (non-hydrogen) atoms. The molecule has 2 aliphatic heterocycles. The molecule has 1 saturated carbocycles. The molecule has 0 radical (unpaired) electrons. The van der Waals surface area contributed by atoms with Gasteiger partial charge in [0.05, 0.1) is 0 Å². The van der Waals surface area contributed by atoms with Gasteiger partial charge in [-0.25, -0.2) is 9.18 Å². The Hall–Kier alpha value is -2.39. The molecular weight excluding hydrogens is 393 g/mol. The maximum absolute atomic E-state index is 13.4. The molecule has 4 atom stereocenters. The highest BCUT2D eigenvalue weighted by atomic mass is 35.5. The van der Waals surface area contributed by atoms with Crippen molar-refractivity contribution in [1.29, 1.82) is 0 Å². The number of rotatable bonds is 4. The number of nitrogens with one attached hydrogen (secondary N) is 1. The van der Waals surface area contributed by atoms with Gasteiger partial charge in [0.15, 0.2) is 0 Å². The van der Waals surface area contributed by atoms with E-state index in [9.17, 15) is 23.9 Å². The van der Waals surface area contributed by atoms with Gasteiger partial charge in [0.1, 0.15) is 5.82 Å². The molecule has 3 N–H and O–H groups in total. The van der Waals surface area contributed by atoms with E-state index in [0.717, 1.165) is 6.07 Å². The summed E-state index contributed by atoms with van der Waals surface area (Å²) in [4.78, 5) is 39.0. The molecule has 2 saturated heterocycles. The van der Waals surface area contributed by atoms with E-state index in [-0.39, 0.29) is 42.4 Å². The number of hydrogen-bond donors (Lipinski definition) is 3. The van der Waals surface area contributed by atoms with Gasteiger partial charge in [-0.05, 0) is 23.8 Å². The van der Waals surface area contributed by atoms with Gasteiger partial charge in [-0.15, -0.1) is 0 Å². The third-order valence-electron chi connectivity index (χ3n) is 5.86. The van der Waals surface area contributed by atoms with Crippen molar-refractivity contribution >= 4 is 29.5 Å². The minimum absolute atomic E-state index is 0.0415. The first-order valence-corrected chi connectivity index (χ1v) is 9.33. The van der Waals surface area contributed by atoms with Gasteiger partial charge in [0, 0.05) is 55.5 Å². The number of carbonyl (C=O) groups is 3. The molecule has 4 rings (SSSR count). The van der Waals surface area contributed by atoms with Crippen LogP contribution in [0.4, 0.5) is 9.18 Å². The van der Waals surface area contributed by atoms with Gasteiger partial charge in [-0.3, -0.25) is 9.59 Å². The van der Waals surface area contributed by atoms with E-state index in [1.165, 1.54) is 21.9 Å². The van der Waals surface area contributed by atoms with E-state index >= 15 is 0 Å². The fourth-order valence-corrected chi connectivity index (χ4v) is 4.62. The van der Waals surface area contributed by atoms with Crippen molar-refractivity contribution in [3.63, 3.8) is 0 Å². The first-order valence-electron chi connectivity index (χ1n) is 8.95. The number of benzene rings is 1. The number of piperidine rings is 1. The Labute approximate surface area is 164 Å². The topological polar surface area (TPSA) is 110 Å². The van der Waals surface area contributed by atoms with Gasteiger partial charge < -0.3 is 25.3 Å². The smallest absolute Gasteiger partial charge is 0.407 e. The summed E-state index contributed by atoms with van der Waals surface area (Å²) >= 11 is 5.78. The van der Waals surface area contributed by atoms with Crippen LogP contribution in [0.15, 0.2) is 18.2 Å². The lowest BCUT2D eigenvalue weighted by Crippen LogP contribution is -2.53. The van der Waals surface area contributed by atoms with E-state index in [2.05, 4.69) is 5.32 Å². The third-order valence-corrected chi connectivity index (χ3v) is 6.08. The van der Waals surface area contributed by atoms with E-state index in [1.807, 2.05) is 0 Å². The van der Waals surface area contributed by atoms with E-state index in [4.69, 9.17) is 16.7 Å². The molecular formula is C18H19ClFN3O5. The summed E-state index contributed by atoms with van der Waals surface area (Å²) in [5.41, 5.74) is -1.75. The van der Waals surface area contributed by atoms with Crippen molar-refractivity contribution in [3.8, 4) is 0 Å². The SMILES string of the molecule is O=C(O)N1C[C@@H]2[C@H](C1)[C@H]2N1CCC(O)(C(=O)NCc2cc(F)cc(Cl)c2)C1=O. The summed E-state index contributed by atoms with van der Waals surface area (Å²) in [6.45, 7) is 0.881. The van der Waals surface area contributed by atoms with Crippen LogP contribution in [-0.2, 0) is 16.1 Å². The average Bonchev–Trinajstić information content (AvgIpc) is 2.97. The molecule has 0 bridgehead atoms. The van der Waals surface area contributed by atoms with Gasteiger partial charge in [-0.2, -0.15) is 0 Å². The normalized spacial score (nSPS) is 31.1. The quantitative estimate of drug-likeness (QED) is 0.631. The van der Waals surface area contributed by atoms with Crippen molar-refractivity contribution in [3.05, 3.63) is 34.6 Å². The molecule has 1 aromatic rings. The predicted octanol–water partition coefficient (Wildman–Crippen LogP) is 0.667. The van der Waals surface area contributed by atoms with Crippen molar-refractivity contribution in [1.82, 2.24) is 15.1 Å². The summed E-state index contributed by atoms with van der Waals surface area (Å²) in [6.07, 6.45) is -1.02. The summed E-state index contributed by atoms with van der Waals surface area (Å²) in [7, 11) is 0. The zero-order valence-corrected chi connectivity index (χ0v) is 15.5. The minimum Gasteiger partial charge on any atom is -0.465 e. The Kier molecular flexibility index (Phi) is 4.46. The van der Waals surface area contributed by atoms with Crippen LogP contribution in [-0.4, -0.2) is 69.2 Å². The predicted molar refractivity (Wildman–Crippen MR) is 94.9 cm³/mol. The molecule has 0 spiro atoms. The Bertz CT molecular complexity index is 835. The number of halogens is 2. The fraction of sp³-hybridized carbons (Fsp3) is 0.500. The van der Waals surface area contributed by atoms with Crippen LogP contribution in [0.2, 0.25) is 5.02 Å². The van der Waals surface area contributed by atoms with Crippen LogP contribution in [0, 0.1) is 17.7 Å². The zero-order valence-electron chi connectivity index (χ0n) is 14.8. The maximum Gasteiger partial charge on any atom is 0.407 e. The number of fused-ring (bicyclic) bond motifs is 1. The maximum atomic E-state index is 13.4. The highest BCUT2D eigenvalue weighted by molar-refractivity contribution is 6.30. The molecule has 3 amide bonds. The largest absolute Gasteiger partial charge is 0.465 e. The molecule has 1 unspecified atom stereocenters.